The second-order valence-electron chi connectivity index (χ2n) is 5.44. The van der Waals surface area contributed by atoms with Crippen LogP contribution in [0.1, 0.15) is 26.3 Å². The molecular weight excluding hydrogens is 261 g/mol. The van der Waals surface area contributed by atoms with E-state index in [-0.39, 0.29) is 24.8 Å². The van der Waals surface area contributed by atoms with Crippen LogP contribution in [-0.4, -0.2) is 41.2 Å². The lowest BCUT2D eigenvalue weighted by atomic mass is 10.1. The van der Waals surface area contributed by atoms with E-state index in [1.54, 1.807) is 26.0 Å². The molecule has 0 heterocycles. The maximum atomic E-state index is 13.5. The molecule has 1 N–H and O–H groups in total. The molecule has 0 saturated carbocycles. The van der Waals surface area contributed by atoms with Crippen molar-refractivity contribution in [3.8, 4) is 5.75 Å². The highest BCUT2D eigenvalue weighted by atomic mass is 19.1. The number of carbonyl (C=O) groups excluding carboxylic acids is 1. The van der Waals surface area contributed by atoms with Gasteiger partial charge in [0.15, 0.2) is 18.2 Å². The van der Waals surface area contributed by atoms with Crippen LogP contribution in [0.3, 0.4) is 0 Å². The summed E-state index contributed by atoms with van der Waals surface area (Å²) in [6.07, 6.45) is 0. The van der Waals surface area contributed by atoms with Crippen LogP contribution in [0.25, 0.3) is 0 Å². The Labute approximate surface area is 119 Å². The van der Waals surface area contributed by atoms with Crippen LogP contribution in [0, 0.1) is 12.7 Å². The number of nitrogens with zero attached hydrogens (tertiary/aromatic N) is 1. The zero-order valence-corrected chi connectivity index (χ0v) is 12.4. The van der Waals surface area contributed by atoms with Gasteiger partial charge in [0.05, 0.1) is 5.60 Å². The van der Waals surface area contributed by atoms with Crippen LogP contribution in [-0.2, 0) is 4.79 Å². The van der Waals surface area contributed by atoms with Gasteiger partial charge < -0.3 is 14.7 Å². The molecule has 0 radical (unpaired) electrons. The summed E-state index contributed by atoms with van der Waals surface area (Å²) in [5, 5.41) is 9.74. The molecule has 0 aliphatic rings. The second kappa shape index (κ2) is 6.70. The van der Waals surface area contributed by atoms with E-state index in [4.69, 9.17) is 4.74 Å². The Bertz CT molecular complexity index is 469. The minimum absolute atomic E-state index is 0.0673. The fraction of sp³-hybridized carbons (Fsp3) is 0.533. The molecular formula is C15H22FNO3. The van der Waals surface area contributed by atoms with Gasteiger partial charge in [0, 0.05) is 13.1 Å². The number of carbonyl (C=O) groups is 1. The maximum Gasteiger partial charge on any atom is 0.260 e. The van der Waals surface area contributed by atoms with Crippen molar-refractivity contribution in [3.63, 3.8) is 0 Å². The largest absolute Gasteiger partial charge is 0.481 e. The van der Waals surface area contributed by atoms with Crippen molar-refractivity contribution in [3.05, 3.63) is 29.6 Å². The minimum Gasteiger partial charge on any atom is -0.481 e. The Morgan fingerprint density at radius 1 is 1.45 bits per heavy atom. The van der Waals surface area contributed by atoms with Crippen LogP contribution < -0.4 is 4.74 Å². The molecule has 4 nitrogen and oxygen atoms in total. The number of ether oxygens (including phenoxy) is 1. The van der Waals surface area contributed by atoms with Gasteiger partial charge in [-0.15, -0.1) is 0 Å². The van der Waals surface area contributed by atoms with Crippen molar-refractivity contribution in [2.75, 3.05) is 19.7 Å². The van der Waals surface area contributed by atoms with E-state index in [1.807, 2.05) is 13.8 Å². The van der Waals surface area contributed by atoms with E-state index in [9.17, 15) is 14.3 Å². The van der Waals surface area contributed by atoms with Gasteiger partial charge in [0.25, 0.3) is 5.91 Å². The van der Waals surface area contributed by atoms with Crippen molar-refractivity contribution in [1.29, 1.82) is 0 Å². The number of aliphatic hydroxyl groups is 1. The molecule has 0 bridgehead atoms. The second-order valence-corrected chi connectivity index (χ2v) is 5.44. The van der Waals surface area contributed by atoms with Crippen LogP contribution in [0.5, 0.6) is 5.75 Å². The Morgan fingerprint density at radius 3 is 2.65 bits per heavy atom. The number of rotatable bonds is 6. The quantitative estimate of drug-likeness (QED) is 0.870. The van der Waals surface area contributed by atoms with Gasteiger partial charge in [-0.25, -0.2) is 4.39 Å². The van der Waals surface area contributed by atoms with E-state index in [1.165, 1.54) is 11.0 Å². The van der Waals surface area contributed by atoms with E-state index >= 15 is 0 Å². The number of likely N-dealkylation sites (N-methyl/N-ethyl adjacent to an activating group) is 1. The summed E-state index contributed by atoms with van der Waals surface area (Å²) in [4.78, 5) is 13.5. The van der Waals surface area contributed by atoms with Gasteiger partial charge in [0.1, 0.15) is 0 Å². The molecule has 5 heteroatoms. The normalized spacial score (nSPS) is 11.3. The topological polar surface area (TPSA) is 49.8 Å². The third-order valence-corrected chi connectivity index (χ3v) is 2.75. The van der Waals surface area contributed by atoms with E-state index in [0.29, 0.717) is 6.54 Å². The molecule has 112 valence electrons. The molecule has 0 saturated heterocycles. The molecule has 0 aliphatic heterocycles. The first-order chi connectivity index (χ1) is 9.23. The molecule has 0 fully saturated rings. The summed E-state index contributed by atoms with van der Waals surface area (Å²) in [6.45, 7) is 7.32. The van der Waals surface area contributed by atoms with Gasteiger partial charge in [-0.2, -0.15) is 0 Å². The number of hydrogen-bond donors (Lipinski definition) is 1. The summed E-state index contributed by atoms with van der Waals surface area (Å²) in [5.74, 6) is -0.706. The molecule has 0 unspecified atom stereocenters. The predicted octanol–water partition coefficient (Wildman–Crippen LogP) is 2.13. The molecule has 0 spiro atoms. The molecule has 0 aromatic heterocycles. The van der Waals surface area contributed by atoms with Crippen molar-refractivity contribution in [2.45, 2.75) is 33.3 Å². The standard InChI is InChI=1S/C15H22FNO3/c1-5-17(10-15(3,4)19)14(18)9-20-13-8-11(2)6-7-12(13)16/h6-8,19H,5,9-10H2,1-4H3. The van der Waals surface area contributed by atoms with Crippen molar-refractivity contribution < 1.29 is 19.0 Å². The van der Waals surface area contributed by atoms with Gasteiger partial charge in [-0.1, -0.05) is 6.07 Å². The molecule has 1 rings (SSSR count). The van der Waals surface area contributed by atoms with Gasteiger partial charge >= 0.3 is 0 Å². The summed E-state index contributed by atoms with van der Waals surface area (Å²) in [6, 6.07) is 4.50. The number of amides is 1. The monoisotopic (exact) mass is 283 g/mol. The summed E-state index contributed by atoms with van der Waals surface area (Å²) < 4.78 is 18.7. The lowest BCUT2D eigenvalue weighted by molar-refractivity contribution is -0.136. The average molecular weight is 283 g/mol. The fourth-order valence-electron chi connectivity index (χ4n) is 1.80. The lowest BCUT2D eigenvalue weighted by Crippen LogP contribution is -2.44. The maximum absolute atomic E-state index is 13.5. The van der Waals surface area contributed by atoms with Crippen LogP contribution >= 0.6 is 0 Å². The van der Waals surface area contributed by atoms with Gasteiger partial charge in [-0.3, -0.25) is 4.79 Å². The first kappa shape index (κ1) is 16.4. The number of halogens is 1. The lowest BCUT2D eigenvalue weighted by Gasteiger charge is -2.28. The van der Waals surface area contributed by atoms with Crippen LogP contribution in [0.4, 0.5) is 4.39 Å². The van der Waals surface area contributed by atoms with E-state index in [2.05, 4.69) is 0 Å². The zero-order valence-electron chi connectivity index (χ0n) is 12.4. The van der Waals surface area contributed by atoms with Crippen LogP contribution in [0.15, 0.2) is 18.2 Å². The van der Waals surface area contributed by atoms with Crippen LogP contribution in [0.2, 0.25) is 0 Å². The van der Waals surface area contributed by atoms with Gasteiger partial charge in [-0.05, 0) is 45.4 Å². The van der Waals surface area contributed by atoms with Crippen molar-refractivity contribution in [1.82, 2.24) is 4.90 Å². The van der Waals surface area contributed by atoms with E-state index < -0.39 is 11.4 Å². The predicted molar refractivity (Wildman–Crippen MR) is 75.2 cm³/mol. The summed E-state index contributed by atoms with van der Waals surface area (Å²) in [5.41, 5.74) is -0.113. The molecule has 0 atom stereocenters. The Morgan fingerprint density at radius 2 is 2.10 bits per heavy atom. The molecule has 1 aromatic rings. The summed E-state index contributed by atoms with van der Waals surface area (Å²) >= 11 is 0. The summed E-state index contributed by atoms with van der Waals surface area (Å²) in [7, 11) is 0. The SMILES string of the molecule is CCN(CC(C)(C)O)C(=O)COc1cc(C)ccc1F. The molecule has 0 aliphatic carbocycles. The van der Waals surface area contributed by atoms with Crippen molar-refractivity contribution in [2.24, 2.45) is 0 Å². The Hall–Kier alpha value is -1.62. The Balaban J connectivity index is 2.63. The highest BCUT2D eigenvalue weighted by Gasteiger charge is 2.21. The third kappa shape index (κ3) is 5.17. The number of aryl methyl sites for hydroxylation is 1. The number of benzene rings is 1. The third-order valence-electron chi connectivity index (χ3n) is 2.75. The highest BCUT2D eigenvalue weighted by Crippen LogP contribution is 2.18. The Kier molecular flexibility index (Phi) is 5.51. The average Bonchev–Trinajstić information content (AvgIpc) is 2.35. The van der Waals surface area contributed by atoms with E-state index in [0.717, 1.165) is 5.56 Å². The number of hydrogen-bond acceptors (Lipinski definition) is 3. The first-order valence-electron chi connectivity index (χ1n) is 6.62. The minimum atomic E-state index is -0.972. The molecule has 1 aromatic carbocycles. The molecule has 1 amide bonds. The zero-order chi connectivity index (χ0) is 15.3. The highest BCUT2D eigenvalue weighted by molar-refractivity contribution is 5.77. The fourth-order valence-corrected chi connectivity index (χ4v) is 1.80. The first-order valence-corrected chi connectivity index (χ1v) is 6.62. The molecule has 20 heavy (non-hydrogen) atoms. The smallest absolute Gasteiger partial charge is 0.260 e. The van der Waals surface area contributed by atoms with Gasteiger partial charge in [0.2, 0.25) is 0 Å². The van der Waals surface area contributed by atoms with Crippen molar-refractivity contribution >= 4 is 5.91 Å².